The summed E-state index contributed by atoms with van der Waals surface area (Å²) >= 11 is 0. The van der Waals surface area contributed by atoms with E-state index in [1.807, 2.05) is 12.3 Å². The van der Waals surface area contributed by atoms with Crippen molar-refractivity contribution in [2.75, 3.05) is 44.2 Å². The third-order valence-electron chi connectivity index (χ3n) is 6.60. The van der Waals surface area contributed by atoms with Gasteiger partial charge in [0.25, 0.3) is 0 Å². The zero-order chi connectivity index (χ0) is 22.2. The highest BCUT2D eigenvalue weighted by Gasteiger charge is 2.25. The maximum atomic E-state index is 5.74. The highest BCUT2D eigenvalue weighted by Crippen LogP contribution is 2.25. The highest BCUT2D eigenvalue weighted by atomic mass is 16.3. The molecule has 1 atom stereocenters. The number of aliphatic imine (C=N–C) groups is 1. The molecule has 4 rings (SSSR count). The summed E-state index contributed by atoms with van der Waals surface area (Å²) in [6.45, 7) is 11.1. The van der Waals surface area contributed by atoms with Gasteiger partial charge in [-0.25, -0.2) is 9.98 Å². The molecule has 2 aliphatic rings. The Hall–Kier alpha value is -2.54. The number of piperidine rings is 1. The molecule has 7 heteroatoms. The molecule has 0 saturated carbocycles. The molecular formula is C25H38N6O. The third kappa shape index (κ3) is 6.03. The molecule has 32 heavy (non-hydrogen) atoms. The summed E-state index contributed by atoms with van der Waals surface area (Å²) in [5, 5.41) is 6.90. The summed E-state index contributed by atoms with van der Waals surface area (Å²) in [7, 11) is 0. The van der Waals surface area contributed by atoms with E-state index in [2.05, 4.69) is 52.5 Å². The number of furan rings is 1. The predicted molar refractivity (Wildman–Crippen MR) is 130 cm³/mol. The van der Waals surface area contributed by atoms with Crippen molar-refractivity contribution in [3.63, 3.8) is 0 Å². The second-order valence-corrected chi connectivity index (χ2v) is 9.04. The van der Waals surface area contributed by atoms with Crippen LogP contribution in [-0.4, -0.2) is 55.1 Å². The molecule has 0 aromatic carbocycles. The molecule has 1 unspecified atom stereocenters. The number of nitrogens with zero attached hydrogens (tertiary/aromatic N) is 4. The van der Waals surface area contributed by atoms with Crippen LogP contribution in [0.2, 0.25) is 0 Å². The molecule has 2 aromatic rings. The summed E-state index contributed by atoms with van der Waals surface area (Å²) < 4.78 is 5.74. The number of rotatable bonds is 8. The summed E-state index contributed by atoms with van der Waals surface area (Å²) in [6.07, 6.45) is 8.74. The van der Waals surface area contributed by atoms with Gasteiger partial charge in [0.05, 0.1) is 18.8 Å². The zero-order valence-corrected chi connectivity index (χ0v) is 19.6. The van der Waals surface area contributed by atoms with E-state index in [0.717, 1.165) is 68.3 Å². The van der Waals surface area contributed by atoms with Gasteiger partial charge in [0.15, 0.2) is 5.96 Å². The van der Waals surface area contributed by atoms with Crippen molar-refractivity contribution in [1.29, 1.82) is 0 Å². The quantitative estimate of drug-likeness (QED) is 0.483. The maximum absolute atomic E-state index is 5.74. The summed E-state index contributed by atoms with van der Waals surface area (Å²) in [5.41, 5.74) is 1.12. The van der Waals surface area contributed by atoms with E-state index < -0.39 is 0 Å². The lowest BCUT2D eigenvalue weighted by atomic mass is 9.99. The average molecular weight is 439 g/mol. The van der Waals surface area contributed by atoms with Crippen LogP contribution in [0.1, 0.15) is 56.9 Å². The molecule has 0 spiro atoms. The van der Waals surface area contributed by atoms with E-state index in [1.165, 1.54) is 25.7 Å². The lowest BCUT2D eigenvalue weighted by molar-refractivity contribution is 0.215. The van der Waals surface area contributed by atoms with Crippen molar-refractivity contribution in [2.24, 2.45) is 10.9 Å². The number of hydrogen-bond donors (Lipinski definition) is 2. The molecule has 2 fully saturated rings. The fourth-order valence-corrected chi connectivity index (χ4v) is 4.58. The van der Waals surface area contributed by atoms with E-state index in [9.17, 15) is 0 Å². The van der Waals surface area contributed by atoms with Crippen LogP contribution in [0.4, 0.5) is 5.82 Å². The first kappa shape index (κ1) is 22.6. The molecular weight excluding hydrogens is 400 g/mol. The molecule has 2 aliphatic heterocycles. The largest absolute Gasteiger partial charge is 0.468 e. The second kappa shape index (κ2) is 11.4. The lowest BCUT2D eigenvalue weighted by Gasteiger charge is -2.31. The van der Waals surface area contributed by atoms with E-state index in [-0.39, 0.29) is 6.04 Å². The van der Waals surface area contributed by atoms with Crippen LogP contribution in [0.25, 0.3) is 0 Å². The van der Waals surface area contributed by atoms with Gasteiger partial charge in [-0.3, -0.25) is 4.90 Å². The van der Waals surface area contributed by atoms with Gasteiger partial charge in [-0.2, -0.15) is 0 Å². The number of aromatic nitrogens is 1. The molecule has 2 N–H and O–H groups in total. The summed E-state index contributed by atoms with van der Waals surface area (Å²) in [6, 6.07) is 8.57. The minimum Gasteiger partial charge on any atom is -0.468 e. The van der Waals surface area contributed by atoms with Crippen molar-refractivity contribution in [3.05, 3.63) is 48.0 Å². The molecule has 0 bridgehead atoms. The van der Waals surface area contributed by atoms with Gasteiger partial charge in [-0.1, -0.05) is 13.0 Å². The number of hydrogen-bond acceptors (Lipinski definition) is 5. The van der Waals surface area contributed by atoms with Crippen LogP contribution in [0, 0.1) is 5.92 Å². The molecule has 0 aliphatic carbocycles. The standard InChI is InChI=1S/C25H38N6O/c1-3-26-25(29-19-22(23-7-6-16-32-23)30-12-4-5-13-30)28-18-21-8-9-24(27-17-21)31-14-10-20(2)11-15-31/h6-9,16-17,20,22H,3-5,10-15,18-19H2,1-2H3,(H2,26,28,29). The van der Waals surface area contributed by atoms with Gasteiger partial charge in [-0.05, 0) is 75.4 Å². The van der Waals surface area contributed by atoms with Crippen LogP contribution < -0.4 is 15.5 Å². The van der Waals surface area contributed by atoms with E-state index in [4.69, 9.17) is 14.4 Å². The Morgan fingerprint density at radius 2 is 1.97 bits per heavy atom. The Morgan fingerprint density at radius 1 is 1.16 bits per heavy atom. The number of nitrogens with one attached hydrogen (secondary N) is 2. The molecule has 4 heterocycles. The van der Waals surface area contributed by atoms with Gasteiger partial charge in [0, 0.05) is 32.4 Å². The Morgan fingerprint density at radius 3 is 2.62 bits per heavy atom. The van der Waals surface area contributed by atoms with Gasteiger partial charge in [0.2, 0.25) is 0 Å². The first-order valence-corrected chi connectivity index (χ1v) is 12.2. The van der Waals surface area contributed by atoms with Crippen molar-refractivity contribution >= 4 is 11.8 Å². The van der Waals surface area contributed by atoms with Crippen LogP contribution in [-0.2, 0) is 6.54 Å². The van der Waals surface area contributed by atoms with E-state index >= 15 is 0 Å². The molecule has 7 nitrogen and oxygen atoms in total. The Balaban J connectivity index is 1.35. The molecule has 2 saturated heterocycles. The van der Waals surface area contributed by atoms with E-state index in [1.54, 1.807) is 6.26 Å². The minimum atomic E-state index is 0.226. The zero-order valence-electron chi connectivity index (χ0n) is 19.6. The number of anilines is 1. The third-order valence-corrected chi connectivity index (χ3v) is 6.60. The van der Waals surface area contributed by atoms with Gasteiger partial charge in [0.1, 0.15) is 11.6 Å². The van der Waals surface area contributed by atoms with Crippen molar-refractivity contribution in [2.45, 2.75) is 52.1 Å². The average Bonchev–Trinajstić information content (AvgIpc) is 3.54. The van der Waals surface area contributed by atoms with Crippen molar-refractivity contribution in [1.82, 2.24) is 20.5 Å². The smallest absolute Gasteiger partial charge is 0.191 e. The Bertz CT molecular complexity index is 821. The van der Waals surface area contributed by atoms with Crippen molar-refractivity contribution in [3.8, 4) is 0 Å². The normalized spacial score (nSPS) is 19.3. The van der Waals surface area contributed by atoms with Crippen LogP contribution >= 0.6 is 0 Å². The van der Waals surface area contributed by atoms with Gasteiger partial charge in [-0.15, -0.1) is 0 Å². The topological polar surface area (TPSA) is 68.9 Å². The van der Waals surface area contributed by atoms with E-state index in [0.29, 0.717) is 6.54 Å². The monoisotopic (exact) mass is 438 g/mol. The number of pyridine rings is 1. The SMILES string of the molecule is CCNC(=NCc1ccc(N2CCC(C)CC2)nc1)NCC(c1ccco1)N1CCCC1. The van der Waals surface area contributed by atoms with Crippen LogP contribution in [0.3, 0.4) is 0 Å². The first-order valence-electron chi connectivity index (χ1n) is 12.2. The Labute approximate surface area is 192 Å². The van der Waals surface area contributed by atoms with Gasteiger partial charge >= 0.3 is 0 Å². The molecule has 174 valence electrons. The van der Waals surface area contributed by atoms with Crippen LogP contribution in [0.5, 0.6) is 0 Å². The number of guanidine groups is 1. The fraction of sp³-hybridized carbons (Fsp3) is 0.600. The maximum Gasteiger partial charge on any atom is 0.191 e. The first-order chi connectivity index (χ1) is 15.7. The Kier molecular flexibility index (Phi) is 8.04. The molecule has 0 amide bonds. The van der Waals surface area contributed by atoms with Crippen LogP contribution in [0.15, 0.2) is 46.1 Å². The van der Waals surface area contributed by atoms with Gasteiger partial charge < -0.3 is 20.0 Å². The van der Waals surface area contributed by atoms with Crippen molar-refractivity contribution < 1.29 is 4.42 Å². The lowest BCUT2D eigenvalue weighted by Crippen LogP contribution is -2.42. The number of likely N-dealkylation sites (tertiary alicyclic amines) is 1. The minimum absolute atomic E-state index is 0.226. The highest BCUT2D eigenvalue weighted by molar-refractivity contribution is 5.79. The molecule has 2 aromatic heterocycles. The summed E-state index contributed by atoms with van der Waals surface area (Å²) in [4.78, 5) is 14.4. The summed E-state index contributed by atoms with van der Waals surface area (Å²) in [5.74, 6) is 3.76. The predicted octanol–water partition coefficient (Wildman–Crippen LogP) is 3.80. The second-order valence-electron chi connectivity index (χ2n) is 9.04. The molecule has 0 radical (unpaired) electrons. The fourth-order valence-electron chi connectivity index (χ4n) is 4.58.